The van der Waals surface area contributed by atoms with Crippen LogP contribution < -0.4 is 0 Å². The van der Waals surface area contributed by atoms with Crippen molar-refractivity contribution in [3.63, 3.8) is 0 Å². The van der Waals surface area contributed by atoms with Crippen LogP contribution in [0.4, 0.5) is 0 Å². The maximum atomic E-state index is 9.72. The number of hydrogen-bond acceptors (Lipinski definition) is 2. The second kappa shape index (κ2) is 2.85. The van der Waals surface area contributed by atoms with Gasteiger partial charge in [0.05, 0.1) is 0 Å². The first-order valence-corrected chi connectivity index (χ1v) is 3.35. The standard InChI is InChI=1S/C7H11O2/c1-6-2-3-7(4-6)9-5-8/h6-7H,2-4H2,1H3. The molecule has 2 nitrogen and oxygen atoms in total. The first kappa shape index (κ1) is 6.59. The summed E-state index contributed by atoms with van der Waals surface area (Å²) in [6, 6.07) is 0. The fourth-order valence-corrected chi connectivity index (χ4v) is 1.33. The third-order valence-electron chi connectivity index (χ3n) is 1.86. The van der Waals surface area contributed by atoms with Crippen LogP contribution in [0, 0.1) is 5.92 Å². The van der Waals surface area contributed by atoms with Crippen molar-refractivity contribution < 1.29 is 9.53 Å². The van der Waals surface area contributed by atoms with Crippen molar-refractivity contribution in [2.75, 3.05) is 0 Å². The van der Waals surface area contributed by atoms with Crippen LogP contribution in [0.15, 0.2) is 0 Å². The molecule has 0 bridgehead atoms. The molecule has 2 unspecified atom stereocenters. The van der Waals surface area contributed by atoms with Gasteiger partial charge in [-0.15, -0.1) is 0 Å². The molecule has 0 spiro atoms. The van der Waals surface area contributed by atoms with E-state index >= 15 is 0 Å². The summed E-state index contributed by atoms with van der Waals surface area (Å²) in [5.41, 5.74) is 0. The largest absolute Gasteiger partial charge is 0.454 e. The summed E-state index contributed by atoms with van der Waals surface area (Å²) >= 11 is 0. The minimum absolute atomic E-state index is 0.164. The third kappa shape index (κ3) is 1.70. The summed E-state index contributed by atoms with van der Waals surface area (Å²) in [5, 5.41) is 0. The maximum Gasteiger partial charge on any atom is 0.417 e. The lowest BCUT2D eigenvalue weighted by atomic mass is 10.1. The Morgan fingerprint density at radius 1 is 1.56 bits per heavy atom. The lowest BCUT2D eigenvalue weighted by Crippen LogP contribution is -2.05. The van der Waals surface area contributed by atoms with Gasteiger partial charge in [0.1, 0.15) is 6.10 Å². The lowest BCUT2D eigenvalue weighted by Gasteiger charge is -2.03. The molecule has 0 aliphatic heterocycles. The zero-order chi connectivity index (χ0) is 6.69. The Kier molecular flexibility index (Phi) is 2.09. The molecule has 2 atom stereocenters. The van der Waals surface area contributed by atoms with Gasteiger partial charge in [0.2, 0.25) is 0 Å². The summed E-state index contributed by atoms with van der Waals surface area (Å²) in [7, 11) is 0. The first-order chi connectivity index (χ1) is 4.33. The quantitative estimate of drug-likeness (QED) is 0.558. The fraction of sp³-hybridized carbons (Fsp3) is 0.857. The Morgan fingerprint density at radius 3 is 2.78 bits per heavy atom. The second-order valence-electron chi connectivity index (χ2n) is 2.74. The number of hydrogen-bond donors (Lipinski definition) is 0. The molecule has 2 heteroatoms. The monoisotopic (exact) mass is 127 g/mol. The van der Waals surface area contributed by atoms with Gasteiger partial charge in [-0.1, -0.05) is 6.92 Å². The topological polar surface area (TPSA) is 26.3 Å². The van der Waals surface area contributed by atoms with Crippen molar-refractivity contribution in [1.29, 1.82) is 0 Å². The molecule has 0 aromatic carbocycles. The van der Waals surface area contributed by atoms with E-state index in [1.165, 1.54) is 12.9 Å². The highest BCUT2D eigenvalue weighted by Gasteiger charge is 2.21. The van der Waals surface area contributed by atoms with Gasteiger partial charge >= 0.3 is 6.47 Å². The molecule has 1 rings (SSSR count). The molecule has 1 radical (unpaired) electrons. The smallest absolute Gasteiger partial charge is 0.417 e. The molecule has 0 aromatic heterocycles. The van der Waals surface area contributed by atoms with E-state index in [1.807, 2.05) is 0 Å². The molecule has 0 heterocycles. The van der Waals surface area contributed by atoms with Gasteiger partial charge in [-0.25, -0.2) is 4.79 Å². The van der Waals surface area contributed by atoms with E-state index in [9.17, 15) is 4.79 Å². The van der Waals surface area contributed by atoms with E-state index in [2.05, 4.69) is 11.7 Å². The zero-order valence-corrected chi connectivity index (χ0v) is 5.59. The van der Waals surface area contributed by atoms with Crippen LogP contribution in [0.2, 0.25) is 0 Å². The molecule has 0 N–H and O–H groups in total. The van der Waals surface area contributed by atoms with Crippen molar-refractivity contribution in [1.82, 2.24) is 0 Å². The van der Waals surface area contributed by atoms with Crippen molar-refractivity contribution in [3.05, 3.63) is 0 Å². The normalized spacial score (nSPS) is 34.3. The van der Waals surface area contributed by atoms with Crippen molar-refractivity contribution in [2.45, 2.75) is 32.3 Å². The van der Waals surface area contributed by atoms with E-state index < -0.39 is 0 Å². The molecule has 0 amide bonds. The van der Waals surface area contributed by atoms with Crippen LogP contribution in [0.25, 0.3) is 0 Å². The summed E-state index contributed by atoms with van der Waals surface area (Å²) in [6.07, 6.45) is 3.40. The van der Waals surface area contributed by atoms with Crippen LogP contribution in [-0.2, 0) is 9.53 Å². The maximum absolute atomic E-state index is 9.72. The Balaban J connectivity index is 2.21. The van der Waals surface area contributed by atoms with Crippen LogP contribution in [-0.4, -0.2) is 12.6 Å². The summed E-state index contributed by atoms with van der Waals surface area (Å²) in [4.78, 5) is 9.72. The SMILES string of the molecule is CC1CCC(O[C]=O)C1. The van der Waals surface area contributed by atoms with Crippen molar-refractivity contribution >= 4 is 6.47 Å². The Bertz CT molecular complexity index is 101. The molecular weight excluding hydrogens is 116 g/mol. The van der Waals surface area contributed by atoms with Gasteiger partial charge in [0.15, 0.2) is 0 Å². The summed E-state index contributed by atoms with van der Waals surface area (Å²) < 4.78 is 4.67. The van der Waals surface area contributed by atoms with Gasteiger partial charge < -0.3 is 4.74 Å². The predicted octanol–water partition coefficient (Wildman–Crippen LogP) is 1.26. The Hall–Kier alpha value is -0.530. The molecule has 1 aliphatic rings. The van der Waals surface area contributed by atoms with E-state index in [0.29, 0.717) is 0 Å². The molecule has 1 aliphatic carbocycles. The Labute approximate surface area is 55.2 Å². The van der Waals surface area contributed by atoms with E-state index in [-0.39, 0.29) is 6.10 Å². The van der Waals surface area contributed by atoms with Crippen molar-refractivity contribution in [3.8, 4) is 0 Å². The van der Waals surface area contributed by atoms with E-state index in [0.717, 1.165) is 18.8 Å². The van der Waals surface area contributed by atoms with E-state index in [4.69, 9.17) is 0 Å². The van der Waals surface area contributed by atoms with Gasteiger partial charge in [-0.2, -0.15) is 0 Å². The lowest BCUT2D eigenvalue weighted by molar-refractivity contribution is 0.180. The molecule has 1 fully saturated rings. The average Bonchev–Trinajstić information content (AvgIpc) is 2.17. The minimum Gasteiger partial charge on any atom is -0.454 e. The molecular formula is C7H11O2. The number of ether oxygens (including phenoxy) is 1. The molecule has 9 heavy (non-hydrogen) atoms. The highest BCUT2D eigenvalue weighted by atomic mass is 16.5. The highest BCUT2D eigenvalue weighted by Crippen LogP contribution is 2.26. The number of carbonyl (C=O) groups excluding carboxylic acids is 1. The van der Waals surface area contributed by atoms with Crippen LogP contribution in [0.5, 0.6) is 0 Å². The van der Waals surface area contributed by atoms with E-state index in [1.54, 1.807) is 0 Å². The minimum atomic E-state index is 0.164. The van der Waals surface area contributed by atoms with Crippen molar-refractivity contribution in [2.24, 2.45) is 5.92 Å². The average molecular weight is 127 g/mol. The molecule has 51 valence electrons. The number of rotatable bonds is 2. The fourth-order valence-electron chi connectivity index (χ4n) is 1.33. The third-order valence-corrected chi connectivity index (χ3v) is 1.86. The van der Waals surface area contributed by atoms with Crippen LogP contribution >= 0.6 is 0 Å². The second-order valence-corrected chi connectivity index (χ2v) is 2.74. The van der Waals surface area contributed by atoms with Gasteiger partial charge in [-0.3, -0.25) is 0 Å². The summed E-state index contributed by atoms with van der Waals surface area (Å²) in [6.45, 7) is 3.65. The first-order valence-electron chi connectivity index (χ1n) is 3.35. The zero-order valence-electron chi connectivity index (χ0n) is 5.59. The van der Waals surface area contributed by atoms with Gasteiger partial charge in [0, 0.05) is 0 Å². The van der Waals surface area contributed by atoms with Gasteiger partial charge in [-0.05, 0) is 25.2 Å². The summed E-state index contributed by atoms with van der Waals surface area (Å²) in [5.74, 6) is 0.725. The van der Waals surface area contributed by atoms with Gasteiger partial charge in [0.25, 0.3) is 0 Å². The predicted molar refractivity (Wildman–Crippen MR) is 33.6 cm³/mol. The molecule has 0 saturated heterocycles. The molecule has 1 saturated carbocycles. The van der Waals surface area contributed by atoms with Crippen LogP contribution in [0.1, 0.15) is 26.2 Å². The molecule has 0 aromatic rings. The van der Waals surface area contributed by atoms with Crippen LogP contribution in [0.3, 0.4) is 0 Å². The Morgan fingerprint density at radius 2 is 2.33 bits per heavy atom. The highest BCUT2D eigenvalue weighted by molar-refractivity contribution is 5.38.